The second kappa shape index (κ2) is 8.55. The van der Waals surface area contributed by atoms with Crippen molar-refractivity contribution in [2.45, 2.75) is 39.7 Å². The molecule has 0 heterocycles. The summed E-state index contributed by atoms with van der Waals surface area (Å²) in [7, 11) is 0. The minimum Gasteiger partial charge on any atom is -0.489 e. The van der Waals surface area contributed by atoms with Crippen LogP contribution < -0.4 is 4.74 Å². The van der Waals surface area contributed by atoms with Crippen molar-refractivity contribution in [1.82, 2.24) is 4.90 Å². The zero-order valence-corrected chi connectivity index (χ0v) is 12.2. The number of hydrogen-bond acceptors (Lipinski definition) is 3. The summed E-state index contributed by atoms with van der Waals surface area (Å²) in [5, 5.41) is 8.78. The minimum absolute atomic E-state index is 0.220. The highest BCUT2D eigenvalue weighted by Crippen LogP contribution is 2.16. The van der Waals surface area contributed by atoms with E-state index in [1.54, 1.807) is 12.1 Å². The lowest BCUT2D eigenvalue weighted by Crippen LogP contribution is -2.35. The maximum Gasteiger partial charge on any atom is 0.119 e. The van der Waals surface area contributed by atoms with Crippen molar-refractivity contribution < 1.29 is 4.74 Å². The van der Waals surface area contributed by atoms with Crippen LogP contribution in [-0.4, -0.2) is 30.6 Å². The number of nitriles is 1. The van der Waals surface area contributed by atoms with Gasteiger partial charge in [0.2, 0.25) is 0 Å². The second-order valence-corrected chi connectivity index (χ2v) is 4.65. The van der Waals surface area contributed by atoms with Gasteiger partial charge in [-0.15, -0.1) is 0 Å². The standard InChI is InChI=1S/C16H24N2O/c1-4-7-16(13-18(5-2)6-3)19-15-10-8-14(12-17)9-11-15/h8-11,16H,4-7,13H2,1-3H3. The Morgan fingerprint density at radius 3 is 2.26 bits per heavy atom. The Kier molecular flexibility index (Phi) is 6.99. The van der Waals surface area contributed by atoms with Gasteiger partial charge in [0.25, 0.3) is 0 Å². The highest BCUT2D eigenvalue weighted by Gasteiger charge is 2.13. The molecule has 0 aliphatic carbocycles. The molecule has 19 heavy (non-hydrogen) atoms. The van der Waals surface area contributed by atoms with Crippen LogP contribution in [0.2, 0.25) is 0 Å². The number of ether oxygens (including phenoxy) is 1. The Hall–Kier alpha value is -1.53. The van der Waals surface area contributed by atoms with E-state index in [1.807, 2.05) is 12.1 Å². The molecule has 1 unspecified atom stereocenters. The van der Waals surface area contributed by atoms with Crippen LogP contribution in [0.15, 0.2) is 24.3 Å². The van der Waals surface area contributed by atoms with E-state index in [4.69, 9.17) is 10.00 Å². The van der Waals surface area contributed by atoms with Gasteiger partial charge in [-0.25, -0.2) is 0 Å². The predicted octanol–water partition coefficient (Wildman–Crippen LogP) is 3.45. The number of likely N-dealkylation sites (N-methyl/N-ethyl adjacent to an activating group) is 1. The molecule has 3 nitrogen and oxygen atoms in total. The highest BCUT2D eigenvalue weighted by atomic mass is 16.5. The van der Waals surface area contributed by atoms with Crippen molar-refractivity contribution in [1.29, 1.82) is 5.26 Å². The molecule has 0 saturated carbocycles. The molecule has 0 aliphatic rings. The summed E-state index contributed by atoms with van der Waals surface area (Å²) in [4.78, 5) is 2.38. The summed E-state index contributed by atoms with van der Waals surface area (Å²) < 4.78 is 6.04. The van der Waals surface area contributed by atoms with E-state index < -0.39 is 0 Å². The fourth-order valence-electron chi connectivity index (χ4n) is 2.08. The summed E-state index contributed by atoms with van der Waals surface area (Å²) in [6.07, 6.45) is 2.39. The Morgan fingerprint density at radius 1 is 1.16 bits per heavy atom. The number of rotatable bonds is 8. The molecule has 0 N–H and O–H groups in total. The van der Waals surface area contributed by atoms with E-state index in [0.717, 1.165) is 38.2 Å². The molecular formula is C16H24N2O. The molecule has 1 rings (SSSR count). The van der Waals surface area contributed by atoms with Crippen LogP contribution in [0.25, 0.3) is 0 Å². The zero-order chi connectivity index (χ0) is 14.1. The monoisotopic (exact) mass is 260 g/mol. The van der Waals surface area contributed by atoms with Crippen LogP contribution in [0.4, 0.5) is 0 Å². The van der Waals surface area contributed by atoms with E-state index >= 15 is 0 Å². The molecule has 0 saturated heterocycles. The first-order valence-corrected chi connectivity index (χ1v) is 7.12. The molecule has 1 aromatic carbocycles. The van der Waals surface area contributed by atoms with Gasteiger partial charge in [-0.2, -0.15) is 5.26 Å². The maximum atomic E-state index is 8.78. The van der Waals surface area contributed by atoms with Crippen LogP contribution in [0.5, 0.6) is 5.75 Å². The first-order chi connectivity index (χ1) is 9.23. The Balaban J connectivity index is 2.63. The normalized spacial score (nSPS) is 12.2. The first-order valence-electron chi connectivity index (χ1n) is 7.12. The van der Waals surface area contributed by atoms with Gasteiger partial charge in [0, 0.05) is 6.54 Å². The molecule has 104 valence electrons. The van der Waals surface area contributed by atoms with Gasteiger partial charge in [-0.05, 0) is 43.8 Å². The van der Waals surface area contributed by atoms with Crippen molar-refractivity contribution in [2.24, 2.45) is 0 Å². The lowest BCUT2D eigenvalue weighted by Gasteiger charge is -2.26. The molecule has 3 heteroatoms. The van der Waals surface area contributed by atoms with E-state index in [2.05, 4.69) is 31.7 Å². The van der Waals surface area contributed by atoms with Crippen LogP contribution in [0.3, 0.4) is 0 Å². The highest BCUT2D eigenvalue weighted by molar-refractivity contribution is 5.34. The third-order valence-corrected chi connectivity index (χ3v) is 3.25. The fourth-order valence-corrected chi connectivity index (χ4v) is 2.08. The summed E-state index contributed by atoms with van der Waals surface area (Å²) >= 11 is 0. The molecule has 0 fully saturated rings. The summed E-state index contributed by atoms with van der Waals surface area (Å²) in [5.74, 6) is 0.851. The van der Waals surface area contributed by atoms with E-state index in [-0.39, 0.29) is 6.10 Å². The van der Waals surface area contributed by atoms with Gasteiger partial charge in [-0.3, -0.25) is 0 Å². The molecular weight excluding hydrogens is 236 g/mol. The van der Waals surface area contributed by atoms with Crippen molar-refractivity contribution in [3.8, 4) is 11.8 Å². The average molecular weight is 260 g/mol. The van der Waals surface area contributed by atoms with Gasteiger partial charge >= 0.3 is 0 Å². The zero-order valence-electron chi connectivity index (χ0n) is 12.2. The first kappa shape index (κ1) is 15.5. The largest absolute Gasteiger partial charge is 0.489 e. The molecule has 0 aliphatic heterocycles. The van der Waals surface area contributed by atoms with Crippen LogP contribution in [0.1, 0.15) is 39.2 Å². The Morgan fingerprint density at radius 2 is 1.79 bits per heavy atom. The van der Waals surface area contributed by atoms with E-state index in [1.165, 1.54) is 0 Å². The van der Waals surface area contributed by atoms with Crippen LogP contribution in [0, 0.1) is 11.3 Å². The van der Waals surface area contributed by atoms with Gasteiger partial charge in [0.1, 0.15) is 11.9 Å². The van der Waals surface area contributed by atoms with Crippen LogP contribution >= 0.6 is 0 Å². The SMILES string of the molecule is CCCC(CN(CC)CC)Oc1ccc(C#N)cc1. The van der Waals surface area contributed by atoms with Gasteiger partial charge in [0.15, 0.2) is 0 Å². The van der Waals surface area contributed by atoms with Gasteiger partial charge in [-0.1, -0.05) is 27.2 Å². The molecule has 1 aromatic rings. The lowest BCUT2D eigenvalue weighted by molar-refractivity contribution is 0.130. The maximum absolute atomic E-state index is 8.78. The molecule has 0 spiro atoms. The quantitative estimate of drug-likeness (QED) is 0.718. The van der Waals surface area contributed by atoms with E-state index in [9.17, 15) is 0 Å². The van der Waals surface area contributed by atoms with Crippen molar-refractivity contribution in [3.63, 3.8) is 0 Å². The fraction of sp³-hybridized carbons (Fsp3) is 0.562. The third-order valence-electron chi connectivity index (χ3n) is 3.25. The number of nitrogens with zero attached hydrogens (tertiary/aromatic N) is 2. The molecule has 0 amide bonds. The van der Waals surface area contributed by atoms with Crippen molar-refractivity contribution in [2.75, 3.05) is 19.6 Å². The van der Waals surface area contributed by atoms with Crippen molar-refractivity contribution in [3.05, 3.63) is 29.8 Å². The molecule has 1 atom stereocenters. The van der Waals surface area contributed by atoms with Gasteiger partial charge in [0.05, 0.1) is 11.6 Å². The summed E-state index contributed by atoms with van der Waals surface area (Å²) in [6, 6.07) is 9.48. The molecule has 0 aromatic heterocycles. The predicted molar refractivity (Wildman–Crippen MR) is 78.3 cm³/mol. The molecule has 0 bridgehead atoms. The van der Waals surface area contributed by atoms with Crippen LogP contribution in [-0.2, 0) is 0 Å². The number of benzene rings is 1. The van der Waals surface area contributed by atoms with Crippen molar-refractivity contribution >= 4 is 0 Å². The van der Waals surface area contributed by atoms with Gasteiger partial charge < -0.3 is 9.64 Å². The number of hydrogen-bond donors (Lipinski definition) is 0. The van der Waals surface area contributed by atoms with E-state index in [0.29, 0.717) is 5.56 Å². The Bertz CT molecular complexity index is 390. The second-order valence-electron chi connectivity index (χ2n) is 4.65. The topological polar surface area (TPSA) is 36.3 Å². The smallest absolute Gasteiger partial charge is 0.119 e. The lowest BCUT2D eigenvalue weighted by atomic mass is 10.2. The Labute approximate surface area is 116 Å². The average Bonchev–Trinajstić information content (AvgIpc) is 2.45. The third kappa shape index (κ3) is 5.32. The summed E-state index contributed by atoms with van der Waals surface area (Å²) in [5.41, 5.74) is 0.670. The minimum atomic E-state index is 0.220. The summed E-state index contributed by atoms with van der Waals surface area (Å²) in [6.45, 7) is 9.58. The molecule has 0 radical (unpaired) electrons.